The van der Waals surface area contributed by atoms with Gasteiger partial charge in [0.2, 0.25) is 0 Å². The van der Waals surface area contributed by atoms with Crippen molar-refractivity contribution in [3.63, 3.8) is 0 Å². The van der Waals surface area contributed by atoms with Crippen molar-refractivity contribution < 1.29 is 4.79 Å². The maximum absolute atomic E-state index is 10.7. The maximum atomic E-state index is 10.7. The van der Waals surface area contributed by atoms with Crippen LogP contribution in [0.4, 0.5) is 0 Å². The minimum atomic E-state index is 0.607. The first-order chi connectivity index (χ1) is 8.33. The Morgan fingerprint density at radius 1 is 1.41 bits per heavy atom. The third-order valence-electron chi connectivity index (χ3n) is 2.58. The van der Waals surface area contributed by atoms with Crippen molar-refractivity contribution in [1.82, 2.24) is 14.5 Å². The van der Waals surface area contributed by atoms with E-state index in [0.29, 0.717) is 12.0 Å². The number of aryl methyl sites for hydroxylation is 1. The molecule has 0 radical (unpaired) electrons. The second-order valence-corrected chi connectivity index (χ2v) is 3.96. The SMILES string of the molecule is CCCn1ccnc1Cc1cncc(C=O)c1. The van der Waals surface area contributed by atoms with E-state index in [1.54, 1.807) is 12.4 Å². The fourth-order valence-electron chi connectivity index (χ4n) is 1.80. The lowest BCUT2D eigenvalue weighted by Crippen LogP contribution is -2.03. The molecule has 2 rings (SSSR count). The van der Waals surface area contributed by atoms with Crippen LogP contribution < -0.4 is 0 Å². The fourth-order valence-corrected chi connectivity index (χ4v) is 1.80. The van der Waals surface area contributed by atoms with Gasteiger partial charge in [0, 0.05) is 43.3 Å². The van der Waals surface area contributed by atoms with Gasteiger partial charge in [0.25, 0.3) is 0 Å². The molecule has 0 bridgehead atoms. The monoisotopic (exact) mass is 229 g/mol. The van der Waals surface area contributed by atoms with Crippen LogP contribution in [0.2, 0.25) is 0 Å². The Morgan fingerprint density at radius 3 is 3.06 bits per heavy atom. The first kappa shape index (κ1) is 11.5. The van der Waals surface area contributed by atoms with Crippen LogP contribution in [0.15, 0.2) is 30.9 Å². The van der Waals surface area contributed by atoms with Crippen molar-refractivity contribution in [2.45, 2.75) is 26.3 Å². The quantitative estimate of drug-likeness (QED) is 0.737. The number of aldehydes is 1. The third kappa shape index (κ3) is 2.78. The topological polar surface area (TPSA) is 47.8 Å². The molecule has 17 heavy (non-hydrogen) atoms. The van der Waals surface area contributed by atoms with Crippen molar-refractivity contribution in [3.05, 3.63) is 47.8 Å². The first-order valence-corrected chi connectivity index (χ1v) is 5.72. The minimum absolute atomic E-state index is 0.607. The number of hydrogen-bond acceptors (Lipinski definition) is 3. The maximum Gasteiger partial charge on any atom is 0.151 e. The fraction of sp³-hybridized carbons (Fsp3) is 0.308. The lowest BCUT2D eigenvalue weighted by atomic mass is 10.1. The van der Waals surface area contributed by atoms with Crippen LogP contribution >= 0.6 is 0 Å². The molecule has 2 aromatic rings. The molecule has 4 heteroatoms. The zero-order chi connectivity index (χ0) is 12.1. The van der Waals surface area contributed by atoms with Crippen molar-refractivity contribution in [2.24, 2.45) is 0 Å². The largest absolute Gasteiger partial charge is 0.335 e. The van der Waals surface area contributed by atoms with Gasteiger partial charge >= 0.3 is 0 Å². The first-order valence-electron chi connectivity index (χ1n) is 5.72. The number of pyridine rings is 1. The van der Waals surface area contributed by atoms with Gasteiger partial charge in [0.05, 0.1) is 0 Å². The zero-order valence-corrected chi connectivity index (χ0v) is 9.84. The van der Waals surface area contributed by atoms with E-state index in [2.05, 4.69) is 21.5 Å². The van der Waals surface area contributed by atoms with Crippen molar-refractivity contribution in [3.8, 4) is 0 Å². The predicted octanol–water partition coefficient (Wildman–Crippen LogP) is 2.09. The summed E-state index contributed by atoms with van der Waals surface area (Å²) < 4.78 is 2.13. The summed E-state index contributed by atoms with van der Waals surface area (Å²) in [6.45, 7) is 3.11. The standard InChI is InChI=1S/C13H15N3O/c1-2-4-16-5-3-15-13(16)7-11-6-12(10-17)9-14-8-11/h3,5-6,8-10H,2,4,7H2,1H3. The summed E-state index contributed by atoms with van der Waals surface area (Å²) in [6, 6.07) is 1.85. The lowest BCUT2D eigenvalue weighted by molar-refractivity contribution is 0.112. The van der Waals surface area contributed by atoms with Gasteiger partial charge < -0.3 is 4.57 Å². The van der Waals surface area contributed by atoms with Gasteiger partial charge in [-0.2, -0.15) is 0 Å². The van der Waals surface area contributed by atoms with Crippen molar-refractivity contribution >= 4 is 6.29 Å². The van der Waals surface area contributed by atoms with E-state index in [9.17, 15) is 4.79 Å². The number of aromatic nitrogens is 3. The molecule has 0 spiro atoms. The molecule has 0 amide bonds. The Bertz CT molecular complexity index is 505. The molecule has 0 aliphatic heterocycles. The van der Waals surface area contributed by atoms with E-state index in [4.69, 9.17) is 0 Å². The number of carbonyl (C=O) groups excluding carboxylic acids is 1. The Morgan fingerprint density at radius 2 is 2.29 bits per heavy atom. The van der Waals surface area contributed by atoms with Gasteiger partial charge in [-0.15, -0.1) is 0 Å². The molecule has 0 saturated carbocycles. The van der Waals surface area contributed by atoms with Crippen LogP contribution in [0.3, 0.4) is 0 Å². The van der Waals surface area contributed by atoms with Crippen molar-refractivity contribution in [2.75, 3.05) is 0 Å². The predicted molar refractivity (Wildman–Crippen MR) is 64.9 cm³/mol. The molecule has 0 aliphatic carbocycles. The number of nitrogens with zero attached hydrogens (tertiary/aromatic N) is 3. The van der Waals surface area contributed by atoms with Crippen LogP contribution in [-0.4, -0.2) is 20.8 Å². The van der Waals surface area contributed by atoms with E-state index in [1.165, 1.54) is 0 Å². The van der Waals surface area contributed by atoms with E-state index in [0.717, 1.165) is 30.6 Å². The Balaban J connectivity index is 2.18. The molecular weight excluding hydrogens is 214 g/mol. The summed E-state index contributed by atoms with van der Waals surface area (Å²) in [7, 11) is 0. The van der Waals surface area contributed by atoms with E-state index >= 15 is 0 Å². The smallest absolute Gasteiger partial charge is 0.151 e. The third-order valence-corrected chi connectivity index (χ3v) is 2.58. The molecule has 0 unspecified atom stereocenters. The number of hydrogen-bond donors (Lipinski definition) is 0. The molecule has 2 heterocycles. The van der Waals surface area contributed by atoms with Crippen LogP contribution in [-0.2, 0) is 13.0 Å². The van der Waals surface area contributed by atoms with Gasteiger partial charge in [-0.25, -0.2) is 4.98 Å². The molecule has 0 aliphatic rings. The summed E-state index contributed by atoms with van der Waals surface area (Å²) in [6.07, 6.45) is 9.73. The Labute approximate surface area is 100 Å². The molecule has 0 atom stereocenters. The summed E-state index contributed by atoms with van der Waals surface area (Å²) in [4.78, 5) is 19.0. The summed E-state index contributed by atoms with van der Waals surface area (Å²) in [5.74, 6) is 1.01. The van der Waals surface area contributed by atoms with Crippen LogP contribution in [0.5, 0.6) is 0 Å². The highest BCUT2D eigenvalue weighted by Crippen LogP contribution is 2.08. The molecule has 0 saturated heterocycles. The van der Waals surface area contributed by atoms with Gasteiger partial charge in [-0.3, -0.25) is 9.78 Å². The molecule has 0 fully saturated rings. The Hall–Kier alpha value is -1.97. The summed E-state index contributed by atoms with van der Waals surface area (Å²) in [5, 5.41) is 0. The highest BCUT2D eigenvalue weighted by molar-refractivity contribution is 5.74. The highest BCUT2D eigenvalue weighted by atomic mass is 16.1. The van der Waals surface area contributed by atoms with Gasteiger partial charge in [0.15, 0.2) is 6.29 Å². The summed E-state index contributed by atoms with van der Waals surface area (Å²) >= 11 is 0. The molecule has 0 N–H and O–H groups in total. The van der Waals surface area contributed by atoms with E-state index < -0.39 is 0 Å². The molecule has 88 valence electrons. The van der Waals surface area contributed by atoms with Crippen LogP contribution in [0.25, 0.3) is 0 Å². The average Bonchev–Trinajstić information content (AvgIpc) is 2.78. The molecular formula is C13H15N3O. The average molecular weight is 229 g/mol. The summed E-state index contributed by atoms with van der Waals surface area (Å²) in [5.41, 5.74) is 1.62. The molecule has 2 aromatic heterocycles. The minimum Gasteiger partial charge on any atom is -0.335 e. The van der Waals surface area contributed by atoms with Crippen LogP contribution in [0.1, 0.15) is 35.1 Å². The van der Waals surface area contributed by atoms with Crippen LogP contribution in [0, 0.1) is 0 Å². The van der Waals surface area contributed by atoms with Gasteiger partial charge in [-0.1, -0.05) is 6.92 Å². The highest BCUT2D eigenvalue weighted by Gasteiger charge is 2.04. The number of imidazole rings is 1. The van der Waals surface area contributed by atoms with Gasteiger partial charge in [0.1, 0.15) is 5.82 Å². The lowest BCUT2D eigenvalue weighted by Gasteiger charge is -2.06. The molecule has 0 aromatic carbocycles. The van der Waals surface area contributed by atoms with E-state index in [1.807, 2.05) is 18.5 Å². The number of rotatable bonds is 5. The normalized spacial score (nSPS) is 10.4. The van der Waals surface area contributed by atoms with Gasteiger partial charge in [-0.05, 0) is 18.1 Å². The zero-order valence-electron chi connectivity index (χ0n) is 9.84. The van der Waals surface area contributed by atoms with E-state index in [-0.39, 0.29) is 0 Å². The second-order valence-electron chi connectivity index (χ2n) is 3.96. The molecule has 4 nitrogen and oxygen atoms in total. The van der Waals surface area contributed by atoms with Crippen molar-refractivity contribution in [1.29, 1.82) is 0 Å². The second kappa shape index (κ2) is 5.39. The Kier molecular flexibility index (Phi) is 3.65. The number of carbonyl (C=O) groups is 1.